The minimum absolute atomic E-state index is 0.0604. The molecule has 0 aliphatic carbocycles. The summed E-state index contributed by atoms with van der Waals surface area (Å²) < 4.78 is 6.87. The third-order valence-corrected chi connectivity index (χ3v) is 2.18. The van der Waals surface area contributed by atoms with E-state index in [1.54, 1.807) is 24.7 Å². The van der Waals surface area contributed by atoms with Crippen LogP contribution in [0, 0.1) is 6.92 Å². The van der Waals surface area contributed by atoms with Gasteiger partial charge < -0.3 is 14.3 Å². The quantitative estimate of drug-likeness (QED) is 0.663. The van der Waals surface area contributed by atoms with Gasteiger partial charge in [-0.25, -0.2) is 4.98 Å². The summed E-state index contributed by atoms with van der Waals surface area (Å²) in [5, 5.41) is 14.3. The van der Waals surface area contributed by atoms with E-state index in [0.717, 1.165) is 11.3 Å². The minimum atomic E-state index is -1.09. The van der Waals surface area contributed by atoms with Crippen LogP contribution < -0.4 is 9.79 Å². The summed E-state index contributed by atoms with van der Waals surface area (Å²) in [5.41, 5.74) is 0.753. The molecule has 2 aromatic rings. The number of carbonyl (C=O) groups is 1. The SMILES string of the molecule is Cc1cnc(-c2cc[n+](CCC(=O)[O-])nc2)o1. The number of nitrogens with zero attached hydrogens (tertiary/aromatic N) is 3. The Hall–Kier alpha value is -2.24. The lowest BCUT2D eigenvalue weighted by molar-refractivity contribution is -0.753. The van der Waals surface area contributed by atoms with E-state index in [0.29, 0.717) is 5.89 Å². The molecule has 88 valence electrons. The smallest absolute Gasteiger partial charge is 0.228 e. The molecule has 0 saturated heterocycles. The van der Waals surface area contributed by atoms with Crippen molar-refractivity contribution in [3.63, 3.8) is 0 Å². The molecule has 0 amide bonds. The largest absolute Gasteiger partial charge is 0.550 e. The number of hydrogen-bond acceptors (Lipinski definition) is 5. The van der Waals surface area contributed by atoms with E-state index in [4.69, 9.17) is 4.42 Å². The maximum atomic E-state index is 10.3. The molecule has 0 unspecified atom stereocenters. The van der Waals surface area contributed by atoms with E-state index in [1.807, 2.05) is 6.92 Å². The third-order valence-electron chi connectivity index (χ3n) is 2.18. The second-order valence-corrected chi connectivity index (χ2v) is 3.58. The highest BCUT2D eigenvalue weighted by atomic mass is 16.4. The van der Waals surface area contributed by atoms with Gasteiger partial charge in [0.1, 0.15) is 12.0 Å². The average Bonchev–Trinajstić information content (AvgIpc) is 2.74. The summed E-state index contributed by atoms with van der Waals surface area (Å²) >= 11 is 0. The molecule has 0 aromatic carbocycles. The molecule has 17 heavy (non-hydrogen) atoms. The maximum Gasteiger partial charge on any atom is 0.228 e. The molecule has 0 saturated carbocycles. The zero-order valence-electron chi connectivity index (χ0n) is 9.29. The fraction of sp³-hybridized carbons (Fsp3) is 0.273. The highest BCUT2D eigenvalue weighted by Crippen LogP contribution is 2.15. The number of aryl methyl sites for hydroxylation is 2. The van der Waals surface area contributed by atoms with Crippen LogP contribution in [0.25, 0.3) is 11.5 Å². The summed E-state index contributed by atoms with van der Waals surface area (Å²) in [6.45, 7) is 2.10. The zero-order chi connectivity index (χ0) is 12.3. The van der Waals surface area contributed by atoms with E-state index in [9.17, 15) is 9.90 Å². The van der Waals surface area contributed by atoms with E-state index >= 15 is 0 Å². The number of carboxylic acids is 1. The van der Waals surface area contributed by atoms with Gasteiger partial charge in [-0.1, -0.05) is 4.68 Å². The van der Waals surface area contributed by atoms with Crippen LogP contribution in [0.3, 0.4) is 0 Å². The first-order chi connectivity index (χ1) is 8.15. The summed E-state index contributed by atoms with van der Waals surface area (Å²) in [6.07, 6.45) is 4.83. The molecule has 0 spiro atoms. The number of oxazole rings is 1. The van der Waals surface area contributed by atoms with E-state index in [2.05, 4.69) is 10.1 Å². The van der Waals surface area contributed by atoms with Crippen LogP contribution in [0.15, 0.2) is 29.1 Å². The fourth-order valence-corrected chi connectivity index (χ4v) is 1.34. The number of carbonyl (C=O) groups excluding carboxylic acids is 1. The topological polar surface area (TPSA) is 82.9 Å². The number of aliphatic carboxylic acids is 1. The number of rotatable bonds is 4. The Labute approximate surface area is 97.5 Å². The Morgan fingerprint density at radius 1 is 1.53 bits per heavy atom. The standard InChI is InChI=1S/C11H11N3O3/c1-8-6-12-11(17-8)9-2-4-14(13-7-9)5-3-10(15)16/h2,4,6-7H,3,5H2,1H3. The average molecular weight is 233 g/mol. The van der Waals surface area contributed by atoms with E-state index in [1.165, 1.54) is 4.68 Å². The Morgan fingerprint density at radius 2 is 2.35 bits per heavy atom. The minimum Gasteiger partial charge on any atom is -0.550 e. The first kappa shape index (κ1) is 11.3. The molecule has 2 heterocycles. The Kier molecular flexibility index (Phi) is 3.13. The van der Waals surface area contributed by atoms with Gasteiger partial charge in [0.15, 0.2) is 12.7 Å². The molecule has 2 rings (SSSR count). The van der Waals surface area contributed by atoms with Gasteiger partial charge in [0.05, 0.1) is 11.8 Å². The van der Waals surface area contributed by atoms with E-state index < -0.39 is 5.97 Å². The van der Waals surface area contributed by atoms with Crippen LogP contribution in [-0.2, 0) is 11.3 Å². The van der Waals surface area contributed by atoms with Crippen LogP contribution in [0.2, 0.25) is 0 Å². The van der Waals surface area contributed by atoms with Crippen molar-refractivity contribution in [1.82, 2.24) is 10.1 Å². The van der Waals surface area contributed by atoms with Gasteiger partial charge in [0, 0.05) is 18.5 Å². The second-order valence-electron chi connectivity index (χ2n) is 3.58. The zero-order valence-corrected chi connectivity index (χ0v) is 9.29. The lowest BCUT2D eigenvalue weighted by Crippen LogP contribution is -2.40. The predicted octanol–water partition coefficient (Wildman–Crippen LogP) is -0.527. The lowest BCUT2D eigenvalue weighted by atomic mass is 10.3. The molecular weight excluding hydrogens is 222 g/mol. The fourth-order valence-electron chi connectivity index (χ4n) is 1.34. The molecule has 0 N–H and O–H groups in total. The Morgan fingerprint density at radius 3 is 2.88 bits per heavy atom. The van der Waals surface area contributed by atoms with Crippen molar-refractivity contribution in [2.24, 2.45) is 0 Å². The first-order valence-corrected chi connectivity index (χ1v) is 5.13. The normalized spacial score (nSPS) is 10.4. The van der Waals surface area contributed by atoms with Gasteiger partial charge in [-0.2, -0.15) is 0 Å². The van der Waals surface area contributed by atoms with Crippen LogP contribution in [-0.4, -0.2) is 16.1 Å². The molecule has 6 nitrogen and oxygen atoms in total. The summed E-state index contributed by atoms with van der Waals surface area (Å²) in [7, 11) is 0. The third kappa shape index (κ3) is 2.87. The Balaban J connectivity index is 2.10. The van der Waals surface area contributed by atoms with Crippen molar-refractivity contribution in [2.75, 3.05) is 0 Å². The van der Waals surface area contributed by atoms with Crippen molar-refractivity contribution >= 4 is 5.97 Å². The van der Waals surface area contributed by atoms with Crippen LogP contribution in [0.1, 0.15) is 12.2 Å². The second kappa shape index (κ2) is 4.73. The van der Waals surface area contributed by atoms with Crippen molar-refractivity contribution < 1.29 is 19.0 Å². The van der Waals surface area contributed by atoms with Crippen LogP contribution in [0.4, 0.5) is 0 Å². The molecule has 0 fully saturated rings. The Bertz CT molecular complexity index is 519. The summed E-state index contributed by atoms with van der Waals surface area (Å²) in [5.74, 6) is 0.141. The van der Waals surface area contributed by atoms with Gasteiger partial charge in [-0.05, 0) is 12.0 Å². The predicted molar refractivity (Wildman–Crippen MR) is 54.3 cm³/mol. The van der Waals surface area contributed by atoms with Gasteiger partial charge >= 0.3 is 0 Å². The van der Waals surface area contributed by atoms with Crippen molar-refractivity contribution in [2.45, 2.75) is 19.9 Å². The highest BCUT2D eigenvalue weighted by Gasteiger charge is 2.08. The molecule has 0 bridgehead atoms. The molecule has 0 radical (unpaired) electrons. The molecular formula is C11H11N3O3. The first-order valence-electron chi connectivity index (χ1n) is 5.13. The molecule has 0 aliphatic heterocycles. The maximum absolute atomic E-state index is 10.3. The summed E-state index contributed by atoms with van der Waals surface area (Å²) in [4.78, 5) is 14.4. The number of aromatic nitrogens is 3. The number of hydrogen-bond donors (Lipinski definition) is 0. The molecule has 0 aliphatic rings. The lowest BCUT2D eigenvalue weighted by Gasteiger charge is -1.97. The number of carboxylic acid groups (broad SMARTS) is 1. The van der Waals surface area contributed by atoms with Gasteiger partial charge in [0.2, 0.25) is 5.89 Å². The highest BCUT2D eigenvalue weighted by molar-refractivity contribution is 5.63. The molecule has 6 heteroatoms. The van der Waals surface area contributed by atoms with Gasteiger partial charge in [0.25, 0.3) is 0 Å². The molecule has 0 atom stereocenters. The van der Waals surface area contributed by atoms with Gasteiger partial charge in [-0.15, -0.1) is 0 Å². The molecule has 2 aromatic heterocycles. The van der Waals surface area contributed by atoms with Crippen molar-refractivity contribution in [1.29, 1.82) is 0 Å². The summed E-state index contributed by atoms with van der Waals surface area (Å²) in [6, 6.07) is 1.77. The van der Waals surface area contributed by atoms with Gasteiger partial charge in [-0.3, -0.25) is 0 Å². The van der Waals surface area contributed by atoms with E-state index in [-0.39, 0.29) is 13.0 Å². The van der Waals surface area contributed by atoms with Crippen molar-refractivity contribution in [3.05, 3.63) is 30.4 Å². The van der Waals surface area contributed by atoms with Crippen LogP contribution in [0.5, 0.6) is 0 Å². The van der Waals surface area contributed by atoms with Crippen LogP contribution >= 0.6 is 0 Å². The van der Waals surface area contributed by atoms with Crippen molar-refractivity contribution in [3.8, 4) is 11.5 Å². The monoisotopic (exact) mass is 233 g/mol.